The first-order valence-corrected chi connectivity index (χ1v) is 5.04. The fourth-order valence-electron chi connectivity index (χ4n) is 2.17. The molecule has 0 unspecified atom stereocenters. The van der Waals surface area contributed by atoms with E-state index < -0.39 is 0 Å². The van der Waals surface area contributed by atoms with Gasteiger partial charge in [-0.15, -0.1) is 0 Å². The highest BCUT2D eigenvalue weighted by atomic mass is 16.5. The van der Waals surface area contributed by atoms with Gasteiger partial charge in [-0.2, -0.15) is 5.06 Å². The van der Waals surface area contributed by atoms with Crippen LogP contribution in [0.5, 0.6) is 0 Å². The molecule has 1 aliphatic heterocycles. The molecule has 2 nitrogen and oxygen atoms in total. The third kappa shape index (κ3) is 1.65. The highest BCUT2D eigenvalue weighted by molar-refractivity contribution is 5.29. The van der Waals surface area contributed by atoms with Crippen LogP contribution in [0.1, 0.15) is 47.5 Å². The van der Waals surface area contributed by atoms with E-state index in [0.29, 0.717) is 0 Å². The molecule has 1 N–H and O–H groups in total. The van der Waals surface area contributed by atoms with Gasteiger partial charge in [-0.25, -0.2) is 0 Å². The Kier molecular flexibility index (Phi) is 2.56. The zero-order chi connectivity index (χ0) is 10.3. The van der Waals surface area contributed by atoms with Crippen molar-refractivity contribution in [1.29, 1.82) is 0 Å². The van der Waals surface area contributed by atoms with E-state index in [9.17, 15) is 5.21 Å². The maximum atomic E-state index is 9.96. The van der Waals surface area contributed by atoms with Crippen molar-refractivity contribution in [3.63, 3.8) is 0 Å². The summed E-state index contributed by atoms with van der Waals surface area (Å²) >= 11 is 0. The standard InChI is InChI=1S/C11H21NO/c1-6-7-9-8-10(2,3)12(13)11(9,4)5/h8,13H,6-7H2,1-5H3. The Morgan fingerprint density at radius 3 is 2.15 bits per heavy atom. The van der Waals surface area contributed by atoms with Gasteiger partial charge in [0, 0.05) is 0 Å². The molecular weight excluding hydrogens is 162 g/mol. The van der Waals surface area contributed by atoms with E-state index in [-0.39, 0.29) is 11.1 Å². The molecule has 0 fully saturated rings. The summed E-state index contributed by atoms with van der Waals surface area (Å²) in [7, 11) is 0. The molecule has 0 aromatic rings. The minimum Gasteiger partial charge on any atom is -0.312 e. The first-order chi connectivity index (χ1) is 5.82. The van der Waals surface area contributed by atoms with Gasteiger partial charge in [0.25, 0.3) is 0 Å². The van der Waals surface area contributed by atoms with E-state index in [1.165, 1.54) is 10.6 Å². The van der Waals surface area contributed by atoms with E-state index >= 15 is 0 Å². The minimum absolute atomic E-state index is 0.195. The van der Waals surface area contributed by atoms with Gasteiger partial charge in [0.05, 0.1) is 11.1 Å². The van der Waals surface area contributed by atoms with Gasteiger partial charge < -0.3 is 5.21 Å². The Hall–Kier alpha value is -0.340. The summed E-state index contributed by atoms with van der Waals surface area (Å²) < 4.78 is 0. The lowest BCUT2D eigenvalue weighted by Crippen LogP contribution is -2.47. The molecule has 0 saturated carbocycles. The van der Waals surface area contributed by atoms with Gasteiger partial charge in [0.1, 0.15) is 0 Å². The number of hydroxylamine groups is 2. The van der Waals surface area contributed by atoms with Crippen LogP contribution >= 0.6 is 0 Å². The van der Waals surface area contributed by atoms with Crippen molar-refractivity contribution in [2.75, 3.05) is 0 Å². The van der Waals surface area contributed by atoms with Crippen LogP contribution < -0.4 is 0 Å². The molecule has 0 radical (unpaired) electrons. The normalized spacial score (nSPS) is 26.2. The van der Waals surface area contributed by atoms with Crippen molar-refractivity contribution >= 4 is 0 Å². The lowest BCUT2D eigenvalue weighted by atomic mass is 9.93. The van der Waals surface area contributed by atoms with Gasteiger partial charge in [0.15, 0.2) is 0 Å². The molecule has 0 aromatic heterocycles. The second-order valence-electron chi connectivity index (χ2n) is 4.94. The third-order valence-corrected chi connectivity index (χ3v) is 2.91. The third-order valence-electron chi connectivity index (χ3n) is 2.91. The maximum absolute atomic E-state index is 9.96. The molecule has 0 bridgehead atoms. The van der Waals surface area contributed by atoms with E-state index in [4.69, 9.17) is 0 Å². The van der Waals surface area contributed by atoms with Crippen LogP contribution in [0.4, 0.5) is 0 Å². The topological polar surface area (TPSA) is 23.5 Å². The minimum atomic E-state index is -0.214. The molecule has 0 spiro atoms. The van der Waals surface area contributed by atoms with Gasteiger partial charge in [0.2, 0.25) is 0 Å². The van der Waals surface area contributed by atoms with Crippen LogP contribution in [0.15, 0.2) is 11.6 Å². The van der Waals surface area contributed by atoms with Gasteiger partial charge >= 0.3 is 0 Å². The molecule has 2 heteroatoms. The fraction of sp³-hybridized carbons (Fsp3) is 0.818. The van der Waals surface area contributed by atoms with Crippen LogP contribution in [0.25, 0.3) is 0 Å². The molecule has 0 amide bonds. The average molecular weight is 183 g/mol. The molecule has 0 saturated heterocycles. The van der Waals surface area contributed by atoms with Crippen LogP contribution in [0.3, 0.4) is 0 Å². The zero-order valence-electron chi connectivity index (χ0n) is 9.39. The van der Waals surface area contributed by atoms with Crippen molar-refractivity contribution in [2.45, 2.75) is 58.5 Å². The Bertz CT molecular complexity index is 228. The number of hydrogen-bond donors (Lipinski definition) is 1. The van der Waals surface area contributed by atoms with Crippen LogP contribution in [0.2, 0.25) is 0 Å². The molecule has 0 atom stereocenters. The molecule has 1 aliphatic rings. The van der Waals surface area contributed by atoms with E-state index in [2.05, 4.69) is 26.8 Å². The van der Waals surface area contributed by atoms with Crippen molar-refractivity contribution in [2.24, 2.45) is 0 Å². The lowest BCUT2D eigenvalue weighted by molar-refractivity contribution is -0.185. The summed E-state index contributed by atoms with van der Waals surface area (Å²) in [5.41, 5.74) is 0.940. The smallest absolute Gasteiger partial charge is 0.0623 e. The van der Waals surface area contributed by atoms with Crippen molar-refractivity contribution in [3.8, 4) is 0 Å². The Balaban J connectivity index is 2.95. The van der Waals surface area contributed by atoms with Crippen molar-refractivity contribution in [1.82, 2.24) is 5.06 Å². The summed E-state index contributed by atoms with van der Waals surface area (Å²) in [5, 5.41) is 11.4. The summed E-state index contributed by atoms with van der Waals surface area (Å²) in [5.74, 6) is 0. The first kappa shape index (κ1) is 10.7. The highest BCUT2D eigenvalue weighted by Crippen LogP contribution is 2.39. The number of nitrogens with zero attached hydrogens (tertiary/aromatic N) is 1. The SMILES string of the molecule is CCCC1=CC(C)(C)N(O)C1(C)C. The fourth-order valence-corrected chi connectivity index (χ4v) is 2.17. The van der Waals surface area contributed by atoms with Gasteiger partial charge in [-0.1, -0.05) is 25.0 Å². The average Bonchev–Trinajstić information content (AvgIpc) is 2.14. The predicted octanol–water partition coefficient (Wildman–Crippen LogP) is 2.97. The van der Waals surface area contributed by atoms with E-state index in [1.807, 2.05) is 13.8 Å². The largest absolute Gasteiger partial charge is 0.312 e. The molecule has 76 valence electrons. The second-order valence-corrected chi connectivity index (χ2v) is 4.94. The quantitative estimate of drug-likeness (QED) is 0.665. The van der Waals surface area contributed by atoms with Crippen LogP contribution in [0, 0.1) is 0 Å². The molecule has 13 heavy (non-hydrogen) atoms. The molecular formula is C11H21NO. The van der Waals surface area contributed by atoms with Gasteiger partial charge in [-0.3, -0.25) is 0 Å². The predicted molar refractivity (Wildman–Crippen MR) is 54.8 cm³/mol. The van der Waals surface area contributed by atoms with Crippen LogP contribution in [-0.4, -0.2) is 21.3 Å². The maximum Gasteiger partial charge on any atom is 0.0623 e. The zero-order valence-corrected chi connectivity index (χ0v) is 9.39. The van der Waals surface area contributed by atoms with E-state index in [0.717, 1.165) is 12.8 Å². The second kappa shape index (κ2) is 3.10. The number of rotatable bonds is 2. The Labute approximate surface area is 81.2 Å². The molecule has 1 heterocycles. The summed E-state index contributed by atoms with van der Waals surface area (Å²) in [6.45, 7) is 10.4. The van der Waals surface area contributed by atoms with Gasteiger partial charge in [-0.05, 0) is 34.1 Å². The Morgan fingerprint density at radius 1 is 1.31 bits per heavy atom. The summed E-state index contributed by atoms with van der Waals surface area (Å²) in [4.78, 5) is 0. The Morgan fingerprint density at radius 2 is 1.85 bits per heavy atom. The van der Waals surface area contributed by atoms with Crippen molar-refractivity contribution < 1.29 is 5.21 Å². The monoisotopic (exact) mass is 183 g/mol. The number of hydrogen-bond acceptors (Lipinski definition) is 2. The van der Waals surface area contributed by atoms with E-state index in [1.54, 1.807) is 0 Å². The van der Waals surface area contributed by atoms with Crippen molar-refractivity contribution in [3.05, 3.63) is 11.6 Å². The molecule has 1 rings (SSSR count). The summed E-state index contributed by atoms with van der Waals surface area (Å²) in [6.07, 6.45) is 4.41. The van der Waals surface area contributed by atoms with Crippen LogP contribution in [-0.2, 0) is 0 Å². The molecule has 0 aromatic carbocycles. The lowest BCUT2D eigenvalue weighted by Gasteiger charge is -2.36. The first-order valence-electron chi connectivity index (χ1n) is 5.04. The highest BCUT2D eigenvalue weighted by Gasteiger charge is 2.44. The molecule has 0 aliphatic carbocycles. The summed E-state index contributed by atoms with van der Waals surface area (Å²) in [6, 6.07) is 0.